The maximum Gasteiger partial charge on any atom is 0.274 e. The van der Waals surface area contributed by atoms with E-state index in [-0.39, 0.29) is 23.9 Å². The number of aromatic nitrogens is 3. The molecule has 0 aliphatic carbocycles. The highest BCUT2D eigenvalue weighted by atomic mass is 35.5. The van der Waals surface area contributed by atoms with Gasteiger partial charge in [-0.1, -0.05) is 48.8 Å². The monoisotopic (exact) mass is 372 g/mol. The lowest BCUT2D eigenvalue weighted by Crippen LogP contribution is -2.28. The summed E-state index contributed by atoms with van der Waals surface area (Å²) in [6.07, 6.45) is 0. The number of pyridine rings is 1. The van der Waals surface area contributed by atoms with Gasteiger partial charge in [-0.15, -0.1) is 0 Å². The first-order valence-corrected chi connectivity index (χ1v) is 8.41. The number of hydrogen-bond acceptors (Lipinski definition) is 5. The fraction of sp³-hybridized carbons (Fsp3) is 0.222. The Morgan fingerprint density at radius 3 is 2.69 bits per heavy atom. The molecule has 3 rings (SSSR count). The second kappa shape index (κ2) is 7.53. The minimum Gasteiger partial charge on any atom is -0.332 e. The van der Waals surface area contributed by atoms with E-state index in [1.54, 1.807) is 36.4 Å². The quantitative estimate of drug-likeness (QED) is 0.742. The number of halogens is 1. The molecule has 134 valence electrons. The van der Waals surface area contributed by atoms with Crippen LogP contribution in [0.4, 0.5) is 5.69 Å². The highest BCUT2D eigenvalue weighted by Crippen LogP contribution is 2.21. The summed E-state index contributed by atoms with van der Waals surface area (Å²) in [5, 5.41) is 7.01. The van der Waals surface area contributed by atoms with Crippen LogP contribution in [0.1, 0.15) is 25.6 Å². The minimum absolute atomic E-state index is 0.0832. The van der Waals surface area contributed by atoms with Crippen molar-refractivity contribution in [1.82, 2.24) is 14.7 Å². The average molecular weight is 373 g/mol. The van der Waals surface area contributed by atoms with E-state index in [0.717, 1.165) is 0 Å². The van der Waals surface area contributed by atoms with Crippen molar-refractivity contribution in [3.63, 3.8) is 0 Å². The van der Waals surface area contributed by atoms with Gasteiger partial charge in [0.1, 0.15) is 12.2 Å². The normalized spacial score (nSPS) is 10.9. The summed E-state index contributed by atoms with van der Waals surface area (Å²) in [5.74, 6) is 0.413. The Hall–Kier alpha value is -2.93. The minimum atomic E-state index is -0.392. The Kier molecular flexibility index (Phi) is 5.18. The van der Waals surface area contributed by atoms with E-state index in [9.17, 15) is 9.59 Å². The van der Waals surface area contributed by atoms with Gasteiger partial charge in [0, 0.05) is 12.0 Å². The van der Waals surface area contributed by atoms with Crippen molar-refractivity contribution in [2.45, 2.75) is 26.3 Å². The lowest BCUT2D eigenvalue weighted by Gasteiger charge is -2.11. The molecule has 0 spiro atoms. The predicted octanol–water partition coefficient (Wildman–Crippen LogP) is 3.31. The highest BCUT2D eigenvalue weighted by molar-refractivity contribution is 6.33. The zero-order valence-electron chi connectivity index (χ0n) is 14.3. The Balaban J connectivity index is 1.89. The fourth-order valence-corrected chi connectivity index (χ4v) is 2.52. The van der Waals surface area contributed by atoms with E-state index in [4.69, 9.17) is 16.1 Å². The molecule has 1 aromatic carbocycles. The number of nitrogens with one attached hydrogen (secondary N) is 1. The third-order valence-electron chi connectivity index (χ3n) is 3.68. The van der Waals surface area contributed by atoms with Gasteiger partial charge in [-0.3, -0.25) is 14.2 Å². The van der Waals surface area contributed by atoms with Crippen LogP contribution in [0.25, 0.3) is 11.6 Å². The van der Waals surface area contributed by atoms with Crippen molar-refractivity contribution in [2.24, 2.45) is 0 Å². The van der Waals surface area contributed by atoms with E-state index < -0.39 is 5.91 Å². The number of carbonyl (C=O) groups is 1. The summed E-state index contributed by atoms with van der Waals surface area (Å²) < 4.78 is 6.53. The first-order chi connectivity index (χ1) is 12.5. The third-order valence-corrected chi connectivity index (χ3v) is 4.01. The summed E-state index contributed by atoms with van der Waals surface area (Å²) in [5.41, 5.74) is 0.511. The summed E-state index contributed by atoms with van der Waals surface area (Å²) in [4.78, 5) is 29.0. The van der Waals surface area contributed by atoms with Gasteiger partial charge < -0.3 is 9.84 Å². The first-order valence-electron chi connectivity index (χ1n) is 8.04. The predicted molar refractivity (Wildman–Crippen MR) is 98.2 cm³/mol. The summed E-state index contributed by atoms with van der Waals surface area (Å²) in [6.45, 7) is 3.66. The first kappa shape index (κ1) is 17.9. The van der Waals surface area contributed by atoms with Crippen molar-refractivity contribution in [3.8, 4) is 11.6 Å². The molecule has 0 aliphatic rings. The van der Waals surface area contributed by atoms with Gasteiger partial charge in [0.05, 0.1) is 10.7 Å². The molecule has 0 aliphatic heterocycles. The van der Waals surface area contributed by atoms with Crippen LogP contribution in [0.3, 0.4) is 0 Å². The third kappa shape index (κ3) is 3.83. The fourth-order valence-electron chi connectivity index (χ4n) is 2.34. The number of nitrogens with zero attached hydrogens (tertiary/aromatic N) is 3. The van der Waals surface area contributed by atoms with Crippen LogP contribution in [-0.2, 0) is 11.3 Å². The molecule has 2 aromatic heterocycles. The second-order valence-electron chi connectivity index (χ2n) is 5.98. The molecular formula is C18H17ClN4O3. The molecule has 0 radical (unpaired) electrons. The zero-order chi connectivity index (χ0) is 18.7. The number of para-hydroxylation sites is 1. The molecule has 0 saturated carbocycles. The summed E-state index contributed by atoms with van der Waals surface area (Å²) in [6, 6.07) is 11.5. The molecule has 3 aromatic rings. The van der Waals surface area contributed by atoms with Crippen LogP contribution in [-0.4, -0.2) is 20.6 Å². The van der Waals surface area contributed by atoms with Crippen molar-refractivity contribution in [1.29, 1.82) is 0 Å². The molecule has 7 nitrogen and oxygen atoms in total. The molecule has 2 heterocycles. The summed E-state index contributed by atoms with van der Waals surface area (Å²) in [7, 11) is 0. The number of anilines is 1. The lowest BCUT2D eigenvalue weighted by atomic mass is 10.2. The Morgan fingerprint density at radius 2 is 2.00 bits per heavy atom. The van der Waals surface area contributed by atoms with E-state index in [2.05, 4.69) is 15.5 Å². The van der Waals surface area contributed by atoms with E-state index >= 15 is 0 Å². The van der Waals surface area contributed by atoms with E-state index in [0.29, 0.717) is 22.2 Å². The second-order valence-corrected chi connectivity index (χ2v) is 6.38. The van der Waals surface area contributed by atoms with Gasteiger partial charge in [-0.05, 0) is 18.2 Å². The molecule has 0 bridgehead atoms. The number of hydrogen-bond donors (Lipinski definition) is 1. The molecule has 0 fully saturated rings. The van der Waals surface area contributed by atoms with Crippen LogP contribution in [0.2, 0.25) is 5.02 Å². The maximum absolute atomic E-state index is 12.4. The van der Waals surface area contributed by atoms with Crippen molar-refractivity contribution in [3.05, 3.63) is 63.7 Å². The molecule has 0 unspecified atom stereocenters. The number of rotatable bonds is 5. The maximum atomic E-state index is 12.4. The smallest absolute Gasteiger partial charge is 0.274 e. The van der Waals surface area contributed by atoms with Crippen molar-refractivity contribution >= 4 is 23.2 Å². The zero-order valence-corrected chi connectivity index (χ0v) is 15.0. The molecule has 1 N–H and O–H groups in total. The SMILES string of the molecule is CC(C)c1noc(-c2cccc(=O)n2CC(=O)Nc2ccccc2Cl)n1. The van der Waals surface area contributed by atoms with Gasteiger partial charge in [0.25, 0.3) is 11.4 Å². The van der Waals surface area contributed by atoms with E-state index in [1.807, 2.05) is 13.8 Å². The van der Waals surface area contributed by atoms with Crippen LogP contribution >= 0.6 is 11.6 Å². The van der Waals surface area contributed by atoms with Gasteiger partial charge in [-0.2, -0.15) is 4.98 Å². The van der Waals surface area contributed by atoms with Gasteiger partial charge in [0.15, 0.2) is 5.82 Å². The number of carbonyl (C=O) groups excluding carboxylic acids is 1. The standard InChI is InChI=1S/C18H17ClN4O3/c1-11(2)17-21-18(26-22-17)14-8-5-9-16(25)23(14)10-15(24)20-13-7-4-3-6-12(13)19/h3-9,11H,10H2,1-2H3,(H,20,24). The molecular weight excluding hydrogens is 356 g/mol. The Bertz CT molecular complexity index is 994. The van der Waals surface area contributed by atoms with Crippen LogP contribution in [0, 0.1) is 0 Å². The molecule has 0 atom stereocenters. The molecule has 8 heteroatoms. The van der Waals surface area contributed by atoms with Crippen LogP contribution in [0.5, 0.6) is 0 Å². The van der Waals surface area contributed by atoms with Gasteiger partial charge >= 0.3 is 0 Å². The van der Waals surface area contributed by atoms with Gasteiger partial charge in [0.2, 0.25) is 5.91 Å². The molecule has 0 saturated heterocycles. The molecule has 1 amide bonds. The van der Waals surface area contributed by atoms with Gasteiger partial charge in [-0.25, -0.2) is 0 Å². The number of benzene rings is 1. The lowest BCUT2D eigenvalue weighted by molar-refractivity contribution is -0.116. The van der Waals surface area contributed by atoms with Crippen molar-refractivity contribution < 1.29 is 9.32 Å². The van der Waals surface area contributed by atoms with Crippen LogP contribution in [0.15, 0.2) is 51.8 Å². The van der Waals surface area contributed by atoms with Crippen molar-refractivity contribution in [2.75, 3.05) is 5.32 Å². The molecule has 26 heavy (non-hydrogen) atoms. The average Bonchev–Trinajstić information content (AvgIpc) is 3.09. The number of amides is 1. The topological polar surface area (TPSA) is 90.0 Å². The Morgan fingerprint density at radius 1 is 1.23 bits per heavy atom. The summed E-state index contributed by atoms with van der Waals surface area (Å²) >= 11 is 6.05. The van der Waals surface area contributed by atoms with Crippen LogP contribution < -0.4 is 10.9 Å². The largest absolute Gasteiger partial charge is 0.332 e. The highest BCUT2D eigenvalue weighted by Gasteiger charge is 2.17. The van der Waals surface area contributed by atoms with E-state index in [1.165, 1.54) is 10.6 Å². The Labute approximate surface area is 154 Å².